The van der Waals surface area contributed by atoms with Gasteiger partial charge in [0.15, 0.2) is 5.88 Å². The number of urea groups is 1. The van der Waals surface area contributed by atoms with Gasteiger partial charge in [0.1, 0.15) is 11.3 Å². The highest BCUT2D eigenvalue weighted by Gasteiger charge is 2.42. The predicted octanol–water partition coefficient (Wildman–Crippen LogP) is 2.37. The number of ether oxygens (including phenoxy) is 1. The van der Waals surface area contributed by atoms with Crippen molar-refractivity contribution < 1.29 is 23.5 Å². The van der Waals surface area contributed by atoms with Gasteiger partial charge in [-0.3, -0.25) is 14.5 Å². The van der Waals surface area contributed by atoms with E-state index in [1.807, 2.05) is 14.1 Å². The molecule has 0 N–H and O–H groups in total. The van der Waals surface area contributed by atoms with E-state index in [1.54, 1.807) is 47.4 Å². The summed E-state index contributed by atoms with van der Waals surface area (Å²) >= 11 is 0. The van der Waals surface area contributed by atoms with Gasteiger partial charge in [-0.2, -0.15) is 0 Å². The Morgan fingerprint density at radius 3 is 2.36 bits per heavy atom. The summed E-state index contributed by atoms with van der Waals surface area (Å²) in [5, 5.41) is 0. The monoisotopic (exact) mass is 383 g/mol. The fraction of sp³-hybridized carbons (Fsp3) is 0.250. The molecule has 0 bridgehead atoms. The van der Waals surface area contributed by atoms with E-state index in [1.165, 1.54) is 13.2 Å². The first kappa shape index (κ1) is 19.4. The fourth-order valence-electron chi connectivity index (χ4n) is 2.76. The van der Waals surface area contributed by atoms with Crippen LogP contribution in [0, 0.1) is 0 Å². The summed E-state index contributed by atoms with van der Waals surface area (Å²) in [6.45, 7) is 0.191. The zero-order valence-corrected chi connectivity index (χ0v) is 15.9. The quantitative estimate of drug-likeness (QED) is 0.563. The third kappa shape index (κ3) is 3.67. The van der Waals surface area contributed by atoms with E-state index in [4.69, 9.17) is 9.15 Å². The highest BCUT2D eigenvalue weighted by Crippen LogP contribution is 2.27. The highest BCUT2D eigenvalue weighted by molar-refractivity contribution is 6.39. The molecule has 1 aromatic carbocycles. The van der Waals surface area contributed by atoms with Gasteiger partial charge in [0.05, 0.1) is 18.8 Å². The topological polar surface area (TPSA) is 83.3 Å². The zero-order chi connectivity index (χ0) is 20.3. The van der Waals surface area contributed by atoms with Crippen molar-refractivity contribution in [3.05, 3.63) is 53.8 Å². The molecule has 8 nitrogen and oxygen atoms in total. The fourth-order valence-corrected chi connectivity index (χ4v) is 2.76. The molecule has 2 aromatic rings. The van der Waals surface area contributed by atoms with Crippen LogP contribution >= 0.6 is 0 Å². The molecule has 1 aliphatic heterocycles. The number of para-hydroxylation sites is 1. The van der Waals surface area contributed by atoms with Gasteiger partial charge in [-0.05, 0) is 24.3 Å². The maximum absolute atomic E-state index is 13.0. The molecule has 0 atom stereocenters. The van der Waals surface area contributed by atoms with Crippen LogP contribution in [0.2, 0.25) is 0 Å². The first-order valence-corrected chi connectivity index (χ1v) is 8.67. The minimum Gasteiger partial charge on any atom is -0.441 e. The first-order valence-electron chi connectivity index (χ1n) is 8.67. The smallest absolute Gasteiger partial charge is 0.338 e. The van der Waals surface area contributed by atoms with E-state index in [2.05, 4.69) is 0 Å². The SMILES string of the molecule is COCCN1C(=O)/C(=C/c2ccc(N(C)C)o2)C(=O)N(c2ccccc2)C1=O. The Labute approximate surface area is 162 Å². The van der Waals surface area contributed by atoms with E-state index in [9.17, 15) is 14.4 Å². The molecule has 1 saturated heterocycles. The summed E-state index contributed by atoms with van der Waals surface area (Å²) in [4.78, 5) is 42.5. The standard InChI is InChI=1S/C20H21N3O5/c1-21(2)17-10-9-15(28-17)13-16-18(24)22(11-12-27-3)20(26)23(19(16)25)14-7-5-4-6-8-14/h4-10,13H,11-12H2,1-3H3/b16-13-. The van der Waals surface area contributed by atoms with Gasteiger partial charge in [-0.25, -0.2) is 9.69 Å². The Balaban J connectivity index is 2.03. The van der Waals surface area contributed by atoms with Gasteiger partial charge in [0, 0.05) is 27.3 Å². The number of benzene rings is 1. The van der Waals surface area contributed by atoms with E-state index >= 15 is 0 Å². The second-order valence-electron chi connectivity index (χ2n) is 6.34. The average molecular weight is 383 g/mol. The number of barbiturate groups is 1. The summed E-state index contributed by atoms with van der Waals surface area (Å²) in [7, 11) is 5.10. The first-order chi connectivity index (χ1) is 13.4. The molecule has 0 radical (unpaired) electrons. The number of hydrogen-bond acceptors (Lipinski definition) is 6. The van der Waals surface area contributed by atoms with E-state index in [0.717, 1.165) is 9.80 Å². The number of nitrogens with zero attached hydrogens (tertiary/aromatic N) is 3. The molecule has 0 unspecified atom stereocenters. The number of furan rings is 1. The van der Waals surface area contributed by atoms with Crippen molar-refractivity contribution in [1.29, 1.82) is 0 Å². The average Bonchev–Trinajstić information content (AvgIpc) is 3.15. The van der Waals surface area contributed by atoms with Crippen LogP contribution in [-0.4, -0.2) is 57.1 Å². The summed E-state index contributed by atoms with van der Waals surface area (Å²) in [6.07, 6.45) is 1.36. The Morgan fingerprint density at radius 1 is 1.04 bits per heavy atom. The number of carbonyl (C=O) groups excluding carboxylic acids is 3. The van der Waals surface area contributed by atoms with Gasteiger partial charge < -0.3 is 14.1 Å². The Morgan fingerprint density at radius 2 is 1.75 bits per heavy atom. The van der Waals surface area contributed by atoms with Crippen molar-refractivity contribution in [3.8, 4) is 0 Å². The van der Waals surface area contributed by atoms with Gasteiger partial charge >= 0.3 is 6.03 Å². The molecule has 0 aliphatic carbocycles. The van der Waals surface area contributed by atoms with E-state index in [-0.39, 0.29) is 18.7 Å². The van der Waals surface area contributed by atoms with Crippen LogP contribution in [0.1, 0.15) is 5.76 Å². The maximum atomic E-state index is 13.0. The number of rotatable bonds is 6. The van der Waals surface area contributed by atoms with Crippen molar-refractivity contribution in [2.45, 2.75) is 0 Å². The Kier molecular flexibility index (Phi) is 5.60. The predicted molar refractivity (Wildman–Crippen MR) is 104 cm³/mol. The van der Waals surface area contributed by atoms with Crippen LogP contribution in [0.3, 0.4) is 0 Å². The lowest BCUT2D eigenvalue weighted by molar-refractivity contribution is -0.129. The zero-order valence-electron chi connectivity index (χ0n) is 15.9. The van der Waals surface area contributed by atoms with Gasteiger partial charge in [0.25, 0.3) is 11.8 Å². The van der Waals surface area contributed by atoms with Gasteiger partial charge in [-0.15, -0.1) is 0 Å². The molecule has 0 saturated carbocycles. The molecular formula is C20H21N3O5. The lowest BCUT2D eigenvalue weighted by Gasteiger charge is -2.33. The van der Waals surface area contributed by atoms with Crippen molar-refractivity contribution in [2.75, 3.05) is 44.2 Å². The summed E-state index contributed by atoms with van der Waals surface area (Å²) in [5.41, 5.74) is 0.228. The van der Waals surface area contributed by atoms with Gasteiger partial charge in [-0.1, -0.05) is 18.2 Å². The maximum Gasteiger partial charge on any atom is 0.338 e. The van der Waals surface area contributed by atoms with Gasteiger partial charge in [0.2, 0.25) is 0 Å². The van der Waals surface area contributed by atoms with Crippen molar-refractivity contribution >= 4 is 35.5 Å². The molecule has 0 spiro atoms. The largest absolute Gasteiger partial charge is 0.441 e. The number of carbonyl (C=O) groups is 3. The Bertz CT molecular complexity index is 917. The van der Waals surface area contributed by atoms with Crippen LogP contribution in [-0.2, 0) is 14.3 Å². The van der Waals surface area contributed by atoms with Crippen LogP contribution in [0.15, 0.2) is 52.5 Å². The third-order valence-corrected chi connectivity index (χ3v) is 4.20. The number of amides is 4. The third-order valence-electron chi connectivity index (χ3n) is 4.20. The molecule has 4 amide bonds. The van der Waals surface area contributed by atoms with Crippen molar-refractivity contribution in [3.63, 3.8) is 0 Å². The molecule has 146 valence electrons. The number of methoxy groups -OCH3 is 1. The molecule has 2 heterocycles. The number of hydrogen-bond donors (Lipinski definition) is 0. The molecule has 1 fully saturated rings. The summed E-state index contributed by atoms with van der Waals surface area (Å²) in [5.74, 6) is -0.455. The molecule has 3 rings (SSSR count). The van der Waals surface area contributed by atoms with E-state index < -0.39 is 17.8 Å². The van der Waals surface area contributed by atoms with E-state index in [0.29, 0.717) is 17.3 Å². The van der Waals surface area contributed by atoms with Crippen LogP contribution in [0.5, 0.6) is 0 Å². The molecular weight excluding hydrogens is 362 g/mol. The van der Waals surface area contributed by atoms with Crippen LogP contribution < -0.4 is 9.80 Å². The molecule has 8 heteroatoms. The summed E-state index contributed by atoms with van der Waals surface area (Å²) in [6, 6.07) is 11.2. The summed E-state index contributed by atoms with van der Waals surface area (Å²) < 4.78 is 10.6. The van der Waals surface area contributed by atoms with Crippen molar-refractivity contribution in [1.82, 2.24) is 4.90 Å². The minimum atomic E-state index is -0.705. The highest BCUT2D eigenvalue weighted by atomic mass is 16.5. The van der Waals surface area contributed by atoms with Crippen LogP contribution in [0.4, 0.5) is 16.4 Å². The number of anilines is 2. The normalized spacial score (nSPS) is 16.2. The molecule has 1 aliphatic rings. The van der Waals surface area contributed by atoms with Crippen molar-refractivity contribution in [2.24, 2.45) is 0 Å². The van der Waals surface area contributed by atoms with Crippen LogP contribution in [0.25, 0.3) is 6.08 Å². The lowest BCUT2D eigenvalue weighted by atomic mass is 10.1. The Hall–Kier alpha value is -3.39. The second-order valence-corrected chi connectivity index (χ2v) is 6.34. The lowest BCUT2D eigenvalue weighted by Crippen LogP contribution is -2.57. The molecule has 28 heavy (non-hydrogen) atoms. The number of imide groups is 2. The second kappa shape index (κ2) is 8.10. The molecule has 1 aromatic heterocycles. The minimum absolute atomic E-state index is 0.0310.